The molecule has 1 aromatic carbocycles. The van der Waals surface area contributed by atoms with Crippen molar-refractivity contribution in [2.75, 3.05) is 24.9 Å². The minimum atomic E-state index is -4.63. The zero-order valence-electron chi connectivity index (χ0n) is 19.5. The Morgan fingerprint density at radius 1 is 1.14 bits per heavy atom. The lowest BCUT2D eigenvalue weighted by Crippen LogP contribution is -2.29. The average Bonchev–Trinajstić information content (AvgIpc) is 3.24. The molecule has 1 aliphatic rings. The van der Waals surface area contributed by atoms with Gasteiger partial charge in [-0.2, -0.15) is 28.2 Å². The molecule has 0 atom stereocenters. The third kappa shape index (κ3) is 6.45. The summed E-state index contributed by atoms with van der Waals surface area (Å²) in [4.78, 5) is 9.70. The number of nitrogens with one attached hydrogen (secondary N) is 1. The number of piperidine rings is 1. The molecule has 14 heteroatoms. The van der Waals surface area contributed by atoms with Gasteiger partial charge in [-0.1, -0.05) is 23.7 Å². The van der Waals surface area contributed by atoms with Crippen molar-refractivity contribution in [2.45, 2.75) is 36.3 Å². The maximum Gasteiger partial charge on any atom is 0.393 e. The number of alkyl halides is 3. The highest BCUT2D eigenvalue weighted by atomic mass is 35.5. The van der Waals surface area contributed by atoms with E-state index < -0.39 is 45.2 Å². The van der Waals surface area contributed by atoms with Crippen molar-refractivity contribution in [3.05, 3.63) is 52.9 Å². The zero-order chi connectivity index (χ0) is 26.1. The van der Waals surface area contributed by atoms with Crippen LogP contribution in [0, 0.1) is 0 Å². The molecule has 3 heterocycles. The molecular formula is C22H24ClF3N6O3S. The Labute approximate surface area is 211 Å². The van der Waals surface area contributed by atoms with E-state index in [1.807, 2.05) is 12.1 Å². The fraction of sp³-hybridized carbons (Fsp3) is 0.409. The Morgan fingerprint density at radius 2 is 1.81 bits per heavy atom. The van der Waals surface area contributed by atoms with Gasteiger partial charge in [0.25, 0.3) is 10.0 Å². The highest BCUT2D eigenvalue weighted by Gasteiger charge is 2.33. The van der Waals surface area contributed by atoms with Gasteiger partial charge in [0.2, 0.25) is 11.8 Å². The minimum Gasteiger partial charge on any atom is -0.439 e. The first-order valence-electron chi connectivity index (χ1n) is 11.0. The van der Waals surface area contributed by atoms with E-state index in [0.29, 0.717) is 5.92 Å². The van der Waals surface area contributed by atoms with Gasteiger partial charge >= 0.3 is 6.18 Å². The first kappa shape index (κ1) is 26.2. The molecule has 194 valence electrons. The van der Waals surface area contributed by atoms with Gasteiger partial charge in [0, 0.05) is 13.2 Å². The molecule has 36 heavy (non-hydrogen) atoms. The standard InChI is InChI=1S/C22H24ClF3N6O3S/c1-31-9-7-15(8-10-31)14-3-5-16(6-4-14)35-20-18(11-22(24,25)26)19(23)28-21(29-20)30-36(33,34)17-12-27-32(2)13-17/h3-6,12-13,15H,7-11H2,1-2H3,(H,28,29,30). The number of sulfonamides is 1. The molecule has 0 saturated carbocycles. The number of hydrogen-bond donors (Lipinski definition) is 1. The van der Waals surface area contributed by atoms with E-state index in [4.69, 9.17) is 16.3 Å². The van der Waals surface area contributed by atoms with Crippen molar-refractivity contribution in [1.29, 1.82) is 0 Å². The molecule has 2 aromatic heterocycles. The summed E-state index contributed by atoms with van der Waals surface area (Å²) in [6, 6.07) is 7.01. The summed E-state index contributed by atoms with van der Waals surface area (Å²) in [5.41, 5.74) is 0.601. The topological polar surface area (TPSA) is 102 Å². The lowest BCUT2D eigenvalue weighted by Gasteiger charge is -2.29. The van der Waals surface area contributed by atoms with Crippen molar-refractivity contribution in [3.63, 3.8) is 0 Å². The maximum atomic E-state index is 13.2. The van der Waals surface area contributed by atoms with Crippen LogP contribution in [0.3, 0.4) is 0 Å². The second-order valence-corrected chi connectivity index (χ2v) is 10.7. The number of likely N-dealkylation sites (tertiary alicyclic amines) is 1. The van der Waals surface area contributed by atoms with Crippen molar-refractivity contribution in [1.82, 2.24) is 24.6 Å². The Morgan fingerprint density at radius 3 is 2.39 bits per heavy atom. The highest BCUT2D eigenvalue weighted by Crippen LogP contribution is 2.35. The van der Waals surface area contributed by atoms with Crippen molar-refractivity contribution in [2.24, 2.45) is 7.05 Å². The second-order valence-electron chi connectivity index (χ2n) is 8.62. The number of ether oxygens (including phenoxy) is 1. The van der Waals surface area contributed by atoms with Gasteiger partial charge in [0.1, 0.15) is 15.8 Å². The van der Waals surface area contributed by atoms with E-state index in [0.717, 1.165) is 37.7 Å². The number of hydrogen-bond acceptors (Lipinski definition) is 7. The number of halogens is 4. The van der Waals surface area contributed by atoms with Gasteiger partial charge in [0.05, 0.1) is 18.2 Å². The molecule has 9 nitrogen and oxygen atoms in total. The summed E-state index contributed by atoms with van der Waals surface area (Å²) < 4.78 is 73.9. The largest absolute Gasteiger partial charge is 0.439 e. The molecular weight excluding hydrogens is 521 g/mol. The summed E-state index contributed by atoms with van der Waals surface area (Å²) in [7, 11) is -0.564. The predicted octanol–water partition coefficient (Wildman–Crippen LogP) is 4.37. The molecule has 1 aliphatic heterocycles. The molecule has 0 unspecified atom stereocenters. The fourth-order valence-electron chi connectivity index (χ4n) is 3.89. The first-order valence-corrected chi connectivity index (χ1v) is 12.9. The van der Waals surface area contributed by atoms with Crippen LogP contribution in [0.25, 0.3) is 0 Å². The van der Waals surface area contributed by atoms with Crippen LogP contribution in [0.5, 0.6) is 11.6 Å². The Balaban J connectivity index is 1.61. The average molecular weight is 545 g/mol. The fourth-order valence-corrected chi connectivity index (χ4v) is 5.05. The smallest absolute Gasteiger partial charge is 0.393 e. The number of aryl methyl sites for hydroxylation is 1. The molecule has 0 radical (unpaired) electrons. The number of rotatable bonds is 7. The molecule has 0 amide bonds. The van der Waals surface area contributed by atoms with E-state index in [2.05, 4.69) is 31.7 Å². The number of aromatic nitrogens is 4. The Kier molecular flexibility index (Phi) is 7.43. The van der Waals surface area contributed by atoms with Gasteiger partial charge in [-0.05, 0) is 56.6 Å². The van der Waals surface area contributed by atoms with Gasteiger partial charge in [-0.15, -0.1) is 0 Å². The van der Waals surface area contributed by atoms with Gasteiger partial charge < -0.3 is 9.64 Å². The predicted molar refractivity (Wildman–Crippen MR) is 127 cm³/mol. The van der Waals surface area contributed by atoms with E-state index in [1.54, 1.807) is 12.1 Å². The number of benzene rings is 1. The summed E-state index contributed by atoms with van der Waals surface area (Å²) in [5.74, 6) is -0.417. The van der Waals surface area contributed by atoms with Crippen LogP contribution in [0.1, 0.15) is 29.9 Å². The van der Waals surface area contributed by atoms with E-state index in [9.17, 15) is 21.6 Å². The number of nitrogens with zero attached hydrogens (tertiary/aromatic N) is 5. The second kappa shape index (κ2) is 10.2. The summed E-state index contributed by atoms with van der Waals surface area (Å²) in [6.07, 6.45) is -1.72. The van der Waals surface area contributed by atoms with Crippen LogP contribution in [0.15, 0.2) is 41.6 Å². The van der Waals surface area contributed by atoms with E-state index in [-0.39, 0.29) is 10.6 Å². The minimum absolute atomic E-state index is 0.184. The van der Waals surface area contributed by atoms with Crippen LogP contribution in [-0.4, -0.2) is 59.4 Å². The Bertz CT molecular complexity index is 1320. The van der Waals surface area contributed by atoms with Gasteiger partial charge in [0.15, 0.2) is 0 Å². The van der Waals surface area contributed by atoms with Crippen LogP contribution in [0.2, 0.25) is 5.15 Å². The molecule has 0 bridgehead atoms. The SMILES string of the molecule is CN1CCC(c2ccc(Oc3nc(NS(=O)(=O)c4cnn(C)c4)nc(Cl)c3CC(F)(F)F)cc2)CC1. The van der Waals surface area contributed by atoms with Crippen LogP contribution in [0.4, 0.5) is 19.1 Å². The van der Waals surface area contributed by atoms with Crippen LogP contribution in [-0.2, 0) is 23.5 Å². The lowest BCUT2D eigenvalue weighted by atomic mass is 9.90. The van der Waals surface area contributed by atoms with Crippen LogP contribution < -0.4 is 9.46 Å². The Hall–Kier alpha value is -2.90. The molecule has 3 aromatic rings. The monoisotopic (exact) mass is 544 g/mol. The molecule has 4 rings (SSSR count). The molecule has 1 fully saturated rings. The normalized spacial score (nSPS) is 15.7. The third-order valence-corrected chi connectivity index (χ3v) is 7.39. The van der Waals surface area contributed by atoms with Crippen molar-refractivity contribution in [3.8, 4) is 11.6 Å². The van der Waals surface area contributed by atoms with E-state index in [1.165, 1.54) is 17.9 Å². The third-order valence-electron chi connectivity index (χ3n) is 5.80. The summed E-state index contributed by atoms with van der Waals surface area (Å²) in [5, 5.41) is 3.21. The maximum absolute atomic E-state index is 13.2. The van der Waals surface area contributed by atoms with Gasteiger partial charge in [-0.25, -0.2) is 13.1 Å². The summed E-state index contributed by atoms with van der Waals surface area (Å²) >= 11 is 6.04. The first-order chi connectivity index (χ1) is 16.9. The van der Waals surface area contributed by atoms with Crippen molar-refractivity contribution >= 4 is 27.6 Å². The molecule has 0 aliphatic carbocycles. The summed E-state index contributed by atoms with van der Waals surface area (Å²) in [6.45, 7) is 1.97. The highest BCUT2D eigenvalue weighted by molar-refractivity contribution is 7.92. The zero-order valence-corrected chi connectivity index (χ0v) is 21.0. The number of anilines is 1. The van der Waals surface area contributed by atoms with Crippen molar-refractivity contribution < 1.29 is 26.3 Å². The van der Waals surface area contributed by atoms with E-state index >= 15 is 0 Å². The lowest BCUT2D eigenvalue weighted by molar-refractivity contribution is -0.127. The molecule has 1 saturated heterocycles. The van der Waals surface area contributed by atoms with Crippen LogP contribution >= 0.6 is 11.6 Å². The molecule has 0 spiro atoms. The quantitative estimate of drug-likeness (QED) is 0.441. The molecule has 1 N–H and O–H groups in total. The van der Waals surface area contributed by atoms with Gasteiger partial charge in [-0.3, -0.25) is 4.68 Å².